The average molecular weight is 226 g/mol. The highest BCUT2D eigenvalue weighted by Gasteiger charge is 2.08. The summed E-state index contributed by atoms with van der Waals surface area (Å²) in [5, 5.41) is 0. The van der Waals surface area contributed by atoms with E-state index >= 15 is 0 Å². The molecule has 1 nitrogen and oxygen atoms in total. The van der Waals surface area contributed by atoms with Gasteiger partial charge in [0.05, 0.1) is 0 Å². The van der Waals surface area contributed by atoms with Gasteiger partial charge in [0.2, 0.25) is 0 Å². The molecule has 0 amide bonds. The van der Waals surface area contributed by atoms with Crippen molar-refractivity contribution in [3.05, 3.63) is 72.4 Å². The van der Waals surface area contributed by atoms with Crippen LogP contribution in [0.2, 0.25) is 0 Å². The summed E-state index contributed by atoms with van der Waals surface area (Å²) in [6.45, 7) is 7.80. The molecule has 0 saturated carbocycles. The highest BCUT2D eigenvalue weighted by molar-refractivity contribution is 6.10. The summed E-state index contributed by atoms with van der Waals surface area (Å²) in [6.07, 6.45) is 7.26. The van der Waals surface area contributed by atoms with Gasteiger partial charge in [0.25, 0.3) is 0 Å². The minimum atomic E-state index is 0.0300. The number of Topliss-reactive ketones (excluding diaryl/α,β-unsaturated/α-hetero) is 1. The van der Waals surface area contributed by atoms with Crippen LogP contribution >= 0.6 is 0 Å². The van der Waals surface area contributed by atoms with Crippen LogP contribution in [0.1, 0.15) is 24.2 Å². The molecule has 0 radical (unpaired) electrons. The Morgan fingerprint density at radius 1 is 1.24 bits per heavy atom. The highest BCUT2D eigenvalue weighted by atomic mass is 16.1. The lowest BCUT2D eigenvalue weighted by atomic mass is 10.0. The molecule has 0 aliphatic rings. The van der Waals surface area contributed by atoms with Gasteiger partial charge in [-0.2, -0.15) is 0 Å². The Bertz CT molecular complexity index is 436. The van der Waals surface area contributed by atoms with Gasteiger partial charge in [0.1, 0.15) is 0 Å². The van der Waals surface area contributed by atoms with Crippen molar-refractivity contribution < 1.29 is 4.79 Å². The molecule has 1 rings (SSSR count). The quantitative estimate of drug-likeness (QED) is 0.418. The van der Waals surface area contributed by atoms with Crippen molar-refractivity contribution in [1.29, 1.82) is 0 Å². The summed E-state index contributed by atoms with van der Waals surface area (Å²) < 4.78 is 0. The van der Waals surface area contributed by atoms with Gasteiger partial charge in [0, 0.05) is 11.1 Å². The Hall–Kier alpha value is -1.89. The van der Waals surface area contributed by atoms with E-state index in [9.17, 15) is 4.79 Å². The molecule has 0 N–H and O–H groups in total. The van der Waals surface area contributed by atoms with Crippen LogP contribution in [0.5, 0.6) is 0 Å². The second-order valence-electron chi connectivity index (χ2n) is 4.16. The highest BCUT2D eigenvalue weighted by Crippen LogP contribution is 2.11. The van der Waals surface area contributed by atoms with Crippen LogP contribution in [0.3, 0.4) is 0 Å². The van der Waals surface area contributed by atoms with Crippen LogP contribution in [0.4, 0.5) is 0 Å². The molecule has 0 aliphatic carbocycles. The third-order valence-electron chi connectivity index (χ3n) is 2.26. The molecule has 0 saturated heterocycles. The minimum Gasteiger partial charge on any atom is -0.289 e. The SMILES string of the molecule is C=C/C=C(\C=C/C(C)C)C(=O)c1ccccc1. The first-order valence-electron chi connectivity index (χ1n) is 5.76. The summed E-state index contributed by atoms with van der Waals surface area (Å²) in [4.78, 5) is 12.2. The first-order chi connectivity index (χ1) is 8.15. The van der Waals surface area contributed by atoms with Gasteiger partial charge in [-0.05, 0) is 5.92 Å². The lowest BCUT2D eigenvalue weighted by molar-refractivity contribution is 0.103. The number of carbonyl (C=O) groups excluding carboxylic acids is 1. The van der Waals surface area contributed by atoms with E-state index in [-0.39, 0.29) is 5.78 Å². The van der Waals surface area contributed by atoms with Gasteiger partial charge >= 0.3 is 0 Å². The van der Waals surface area contributed by atoms with Crippen LogP contribution in [-0.4, -0.2) is 5.78 Å². The molecule has 0 atom stereocenters. The van der Waals surface area contributed by atoms with Crippen LogP contribution in [0.15, 0.2) is 66.8 Å². The molecule has 0 aliphatic heterocycles. The van der Waals surface area contributed by atoms with Crippen LogP contribution in [-0.2, 0) is 0 Å². The Labute approximate surface area is 103 Å². The summed E-state index contributed by atoms with van der Waals surface area (Å²) in [7, 11) is 0. The number of benzene rings is 1. The van der Waals surface area contributed by atoms with Crippen molar-refractivity contribution in [2.75, 3.05) is 0 Å². The van der Waals surface area contributed by atoms with Crippen molar-refractivity contribution in [2.24, 2.45) is 5.92 Å². The summed E-state index contributed by atoms with van der Waals surface area (Å²) >= 11 is 0. The van der Waals surface area contributed by atoms with E-state index in [4.69, 9.17) is 0 Å². The molecule has 0 bridgehead atoms. The predicted octanol–water partition coefficient (Wildman–Crippen LogP) is 4.19. The van der Waals surface area contributed by atoms with Crippen molar-refractivity contribution in [3.63, 3.8) is 0 Å². The lowest BCUT2D eigenvalue weighted by Crippen LogP contribution is -2.01. The molecule has 0 spiro atoms. The Morgan fingerprint density at radius 2 is 1.88 bits per heavy atom. The molecule has 1 aromatic rings. The van der Waals surface area contributed by atoms with E-state index < -0.39 is 0 Å². The molecule has 1 aromatic carbocycles. The Balaban J connectivity index is 2.97. The number of allylic oxidation sites excluding steroid dienone is 5. The van der Waals surface area contributed by atoms with E-state index in [2.05, 4.69) is 20.4 Å². The number of carbonyl (C=O) groups is 1. The fraction of sp³-hybridized carbons (Fsp3) is 0.188. The molecule has 0 heterocycles. The molecule has 88 valence electrons. The summed E-state index contributed by atoms with van der Waals surface area (Å²) in [5.41, 5.74) is 1.37. The molecule has 0 unspecified atom stereocenters. The third kappa shape index (κ3) is 4.23. The predicted molar refractivity (Wildman–Crippen MR) is 73.0 cm³/mol. The summed E-state index contributed by atoms with van der Waals surface area (Å²) in [6, 6.07) is 9.28. The maximum atomic E-state index is 12.2. The van der Waals surface area contributed by atoms with Gasteiger partial charge in [0.15, 0.2) is 5.78 Å². The number of hydrogen-bond acceptors (Lipinski definition) is 1. The zero-order chi connectivity index (χ0) is 12.7. The molecule has 0 aromatic heterocycles. The van der Waals surface area contributed by atoms with Crippen LogP contribution in [0, 0.1) is 5.92 Å². The van der Waals surface area contributed by atoms with Gasteiger partial charge in [-0.3, -0.25) is 4.79 Å². The van der Waals surface area contributed by atoms with E-state index in [1.54, 1.807) is 12.2 Å². The fourth-order valence-corrected chi connectivity index (χ4v) is 1.39. The molecule has 17 heavy (non-hydrogen) atoms. The maximum absolute atomic E-state index is 12.2. The van der Waals surface area contributed by atoms with Crippen LogP contribution < -0.4 is 0 Å². The lowest BCUT2D eigenvalue weighted by Gasteiger charge is -2.02. The van der Waals surface area contributed by atoms with Crippen molar-refractivity contribution in [2.45, 2.75) is 13.8 Å². The number of ketones is 1. The number of rotatable bonds is 5. The maximum Gasteiger partial charge on any atom is 0.193 e. The van der Waals surface area contributed by atoms with Gasteiger partial charge in [-0.1, -0.05) is 75.1 Å². The van der Waals surface area contributed by atoms with Gasteiger partial charge in [-0.25, -0.2) is 0 Å². The van der Waals surface area contributed by atoms with Crippen molar-refractivity contribution in [3.8, 4) is 0 Å². The van der Waals surface area contributed by atoms with E-state index in [1.165, 1.54) is 0 Å². The first kappa shape index (κ1) is 13.2. The molecule has 0 fully saturated rings. The average Bonchev–Trinajstić information content (AvgIpc) is 2.34. The standard InChI is InChI=1S/C16H18O/c1-4-8-14(12-11-13(2)3)16(17)15-9-6-5-7-10-15/h4-13H,1H2,2-3H3/b12-11-,14-8+. The number of hydrogen-bond donors (Lipinski definition) is 0. The van der Waals surface area contributed by atoms with E-state index in [0.717, 1.165) is 0 Å². The van der Waals surface area contributed by atoms with Crippen LogP contribution in [0.25, 0.3) is 0 Å². The van der Waals surface area contributed by atoms with Gasteiger partial charge < -0.3 is 0 Å². The molecular formula is C16H18O. The zero-order valence-electron chi connectivity index (χ0n) is 10.4. The summed E-state index contributed by atoms with van der Waals surface area (Å²) in [5.74, 6) is 0.453. The van der Waals surface area contributed by atoms with Gasteiger partial charge in [-0.15, -0.1) is 0 Å². The fourth-order valence-electron chi connectivity index (χ4n) is 1.39. The molecular weight excluding hydrogens is 208 g/mol. The second kappa shape index (κ2) is 6.64. The topological polar surface area (TPSA) is 17.1 Å². The van der Waals surface area contributed by atoms with Crippen molar-refractivity contribution in [1.82, 2.24) is 0 Å². The normalized spacial score (nSPS) is 12.1. The smallest absolute Gasteiger partial charge is 0.193 e. The Kier molecular flexibility index (Phi) is 5.15. The monoisotopic (exact) mass is 226 g/mol. The van der Waals surface area contributed by atoms with E-state index in [0.29, 0.717) is 17.1 Å². The second-order valence-corrected chi connectivity index (χ2v) is 4.16. The van der Waals surface area contributed by atoms with E-state index in [1.807, 2.05) is 42.5 Å². The zero-order valence-corrected chi connectivity index (χ0v) is 10.4. The Morgan fingerprint density at radius 3 is 2.41 bits per heavy atom. The third-order valence-corrected chi connectivity index (χ3v) is 2.26. The largest absolute Gasteiger partial charge is 0.289 e. The molecule has 1 heteroatoms. The minimum absolute atomic E-state index is 0.0300. The van der Waals surface area contributed by atoms with Crippen molar-refractivity contribution >= 4 is 5.78 Å². The first-order valence-corrected chi connectivity index (χ1v) is 5.76.